The van der Waals surface area contributed by atoms with Crippen LogP contribution in [-0.2, 0) is 4.79 Å². The predicted molar refractivity (Wildman–Crippen MR) is 48.0 cm³/mol. The first-order chi connectivity index (χ1) is 5.60. The maximum Gasteiger partial charge on any atom is 0.307 e. The zero-order chi connectivity index (χ0) is 9.19. The number of aliphatic carboxylic acids is 1. The molecule has 12 heavy (non-hydrogen) atoms. The van der Waals surface area contributed by atoms with E-state index in [1.54, 1.807) is 0 Å². The van der Waals surface area contributed by atoms with Crippen molar-refractivity contribution in [3.8, 4) is 0 Å². The minimum Gasteiger partial charge on any atom is -0.481 e. The van der Waals surface area contributed by atoms with Gasteiger partial charge >= 0.3 is 5.97 Å². The first-order valence-electron chi connectivity index (χ1n) is 4.83. The minimum atomic E-state index is -0.597. The molecule has 0 aromatic rings. The summed E-state index contributed by atoms with van der Waals surface area (Å²) in [6.07, 6.45) is 5.40. The second-order valence-corrected chi connectivity index (χ2v) is 4.19. The number of unbranched alkanes of at least 4 members (excludes halogenated alkanes) is 1. The Morgan fingerprint density at radius 1 is 1.67 bits per heavy atom. The van der Waals surface area contributed by atoms with Gasteiger partial charge in [-0.25, -0.2) is 0 Å². The number of carboxylic acid groups (broad SMARTS) is 1. The smallest absolute Gasteiger partial charge is 0.307 e. The van der Waals surface area contributed by atoms with Gasteiger partial charge in [0.05, 0.1) is 5.92 Å². The second-order valence-electron chi connectivity index (χ2n) is 4.19. The Morgan fingerprint density at radius 2 is 2.33 bits per heavy atom. The zero-order valence-electron chi connectivity index (χ0n) is 7.97. The summed E-state index contributed by atoms with van der Waals surface area (Å²) in [5, 5.41) is 8.87. The maximum absolute atomic E-state index is 10.8. The summed E-state index contributed by atoms with van der Waals surface area (Å²) in [6, 6.07) is 0. The van der Waals surface area contributed by atoms with Gasteiger partial charge < -0.3 is 5.11 Å². The molecular formula is C10H18O2. The number of rotatable bonds is 4. The largest absolute Gasteiger partial charge is 0.481 e. The third-order valence-electron chi connectivity index (χ3n) is 3.24. The van der Waals surface area contributed by atoms with Crippen LogP contribution in [0.25, 0.3) is 0 Å². The molecule has 0 aromatic heterocycles. The monoisotopic (exact) mass is 170 g/mol. The van der Waals surface area contributed by atoms with Gasteiger partial charge in [0.1, 0.15) is 0 Å². The summed E-state index contributed by atoms with van der Waals surface area (Å²) in [5.74, 6) is -0.663. The molecule has 0 aliphatic heterocycles. The van der Waals surface area contributed by atoms with Gasteiger partial charge in [0.25, 0.3) is 0 Å². The fourth-order valence-corrected chi connectivity index (χ4v) is 2.08. The van der Waals surface area contributed by atoms with Crippen molar-refractivity contribution >= 4 is 5.97 Å². The highest BCUT2D eigenvalue weighted by Crippen LogP contribution is 2.49. The predicted octanol–water partition coefficient (Wildman–Crippen LogP) is 2.68. The molecule has 1 rings (SSSR count). The molecule has 0 heterocycles. The normalized spacial score (nSPS) is 34.3. The van der Waals surface area contributed by atoms with Gasteiger partial charge in [0.2, 0.25) is 0 Å². The summed E-state index contributed by atoms with van der Waals surface area (Å²) in [4.78, 5) is 10.8. The van der Waals surface area contributed by atoms with E-state index in [2.05, 4.69) is 13.8 Å². The molecule has 0 bridgehead atoms. The van der Waals surface area contributed by atoms with E-state index < -0.39 is 5.97 Å². The highest BCUT2D eigenvalue weighted by atomic mass is 16.4. The Bertz CT molecular complexity index is 177. The summed E-state index contributed by atoms with van der Waals surface area (Å²) in [5.41, 5.74) is 0.113. The van der Waals surface area contributed by atoms with Gasteiger partial charge in [-0.3, -0.25) is 4.79 Å². The average molecular weight is 170 g/mol. The highest BCUT2D eigenvalue weighted by Gasteiger charge is 2.46. The minimum absolute atomic E-state index is 0.0657. The van der Waals surface area contributed by atoms with Crippen molar-refractivity contribution in [2.75, 3.05) is 0 Å². The molecule has 0 amide bonds. The van der Waals surface area contributed by atoms with E-state index >= 15 is 0 Å². The first-order valence-corrected chi connectivity index (χ1v) is 4.83. The second kappa shape index (κ2) is 3.46. The first kappa shape index (κ1) is 9.56. The molecule has 0 saturated heterocycles. The molecule has 2 unspecified atom stereocenters. The lowest BCUT2D eigenvalue weighted by Crippen LogP contribution is -2.42. The van der Waals surface area contributed by atoms with E-state index in [1.807, 2.05) is 0 Å². The van der Waals surface area contributed by atoms with E-state index in [0.29, 0.717) is 0 Å². The molecule has 2 heteroatoms. The molecule has 70 valence electrons. The van der Waals surface area contributed by atoms with Crippen molar-refractivity contribution < 1.29 is 9.90 Å². The van der Waals surface area contributed by atoms with Crippen LogP contribution in [0, 0.1) is 11.3 Å². The van der Waals surface area contributed by atoms with Gasteiger partial charge in [-0.05, 0) is 24.7 Å². The van der Waals surface area contributed by atoms with Crippen LogP contribution in [0.15, 0.2) is 0 Å². The van der Waals surface area contributed by atoms with Crippen LogP contribution in [0.5, 0.6) is 0 Å². The Balaban J connectivity index is 2.43. The van der Waals surface area contributed by atoms with Crippen molar-refractivity contribution in [3.63, 3.8) is 0 Å². The molecule has 1 aliphatic rings. The van der Waals surface area contributed by atoms with E-state index in [-0.39, 0.29) is 11.3 Å². The molecule has 0 aromatic carbocycles. The van der Waals surface area contributed by atoms with Crippen molar-refractivity contribution in [2.24, 2.45) is 11.3 Å². The van der Waals surface area contributed by atoms with E-state index in [0.717, 1.165) is 19.3 Å². The van der Waals surface area contributed by atoms with Gasteiger partial charge in [0, 0.05) is 0 Å². The van der Waals surface area contributed by atoms with Gasteiger partial charge in [-0.2, -0.15) is 0 Å². The van der Waals surface area contributed by atoms with Crippen LogP contribution in [0.2, 0.25) is 0 Å². The molecular weight excluding hydrogens is 152 g/mol. The van der Waals surface area contributed by atoms with Crippen LogP contribution in [0.1, 0.15) is 46.0 Å². The van der Waals surface area contributed by atoms with Crippen molar-refractivity contribution in [3.05, 3.63) is 0 Å². The lowest BCUT2D eigenvalue weighted by atomic mass is 9.59. The molecule has 2 nitrogen and oxygen atoms in total. The molecule has 1 aliphatic carbocycles. The highest BCUT2D eigenvalue weighted by molar-refractivity contribution is 5.72. The van der Waals surface area contributed by atoms with Crippen LogP contribution in [0.4, 0.5) is 0 Å². The van der Waals surface area contributed by atoms with Crippen LogP contribution < -0.4 is 0 Å². The standard InChI is InChI=1S/C10H18O2/c1-3-4-6-10(2)7-5-8(10)9(11)12/h8H,3-7H2,1-2H3,(H,11,12). The van der Waals surface area contributed by atoms with E-state index in [9.17, 15) is 4.79 Å². The summed E-state index contributed by atoms with van der Waals surface area (Å²) < 4.78 is 0. The zero-order valence-corrected chi connectivity index (χ0v) is 7.97. The summed E-state index contributed by atoms with van der Waals surface area (Å²) in [6.45, 7) is 4.27. The number of carbonyl (C=O) groups is 1. The van der Waals surface area contributed by atoms with Crippen molar-refractivity contribution in [1.82, 2.24) is 0 Å². The quantitative estimate of drug-likeness (QED) is 0.704. The number of hydrogen-bond acceptors (Lipinski definition) is 1. The van der Waals surface area contributed by atoms with Crippen LogP contribution >= 0.6 is 0 Å². The Kier molecular flexibility index (Phi) is 2.76. The van der Waals surface area contributed by atoms with E-state index in [1.165, 1.54) is 12.8 Å². The molecule has 0 spiro atoms. The summed E-state index contributed by atoms with van der Waals surface area (Å²) >= 11 is 0. The lowest BCUT2D eigenvalue weighted by molar-refractivity contribution is -0.153. The molecule has 1 N–H and O–H groups in total. The lowest BCUT2D eigenvalue weighted by Gasteiger charge is -2.44. The topological polar surface area (TPSA) is 37.3 Å². The van der Waals surface area contributed by atoms with E-state index in [4.69, 9.17) is 5.11 Å². The molecule has 1 fully saturated rings. The molecule has 2 atom stereocenters. The van der Waals surface area contributed by atoms with Gasteiger partial charge in [-0.15, -0.1) is 0 Å². The van der Waals surface area contributed by atoms with Crippen molar-refractivity contribution in [2.45, 2.75) is 46.0 Å². The Labute approximate surface area is 74.0 Å². The molecule has 0 radical (unpaired) electrons. The van der Waals surface area contributed by atoms with Gasteiger partial charge in [-0.1, -0.05) is 26.7 Å². The maximum atomic E-state index is 10.8. The van der Waals surface area contributed by atoms with Crippen LogP contribution in [-0.4, -0.2) is 11.1 Å². The Morgan fingerprint density at radius 3 is 2.67 bits per heavy atom. The SMILES string of the molecule is CCCCC1(C)CCC1C(=O)O. The fraction of sp³-hybridized carbons (Fsp3) is 0.900. The Hall–Kier alpha value is -0.530. The molecule has 1 saturated carbocycles. The van der Waals surface area contributed by atoms with Crippen LogP contribution in [0.3, 0.4) is 0 Å². The average Bonchev–Trinajstić information content (AvgIpc) is 1.97. The third kappa shape index (κ3) is 1.62. The summed E-state index contributed by atoms with van der Waals surface area (Å²) in [7, 11) is 0. The van der Waals surface area contributed by atoms with Crippen molar-refractivity contribution in [1.29, 1.82) is 0 Å². The van der Waals surface area contributed by atoms with Gasteiger partial charge in [0.15, 0.2) is 0 Å². The number of carboxylic acids is 1. The number of hydrogen-bond donors (Lipinski definition) is 1. The third-order valence-corrected chi connectivity index (χ3v) is 3.24. The fourth-order valence-electron chi connectivity index (χ4n) is 2.08.